The summed E-state index contributed by atoms with van der Waals surface area (Å²) in [6, 6.07) is 8.05. The Hall–Kier alpha value is -2.89. The number of carbonyl (C=O) groups excluding carboxylic acids is 1. The van der Waals surface area contributed by atoms with Crippen molar-refractivity contribution >= 4 is 16.8 Å². The predicted molar refractivity (Wildman–Crippen MR) is 94.6 cm³/mol. The molecule has 1 N–H and O–H groups in total. The van der Waals surface area contributed by atoms with Crippen LogP contribution in [0.5, 0.6) is 5.75 Å². The van der Waals surface area contributed by atoms with Gasteiger partial charge in [0, 0.05) is 49.2 Å². The highest BCUT2D eigenvalue weighted by atomic mass is 16.5. The molecule has 2 aromatic heterocycles. The average Bonchev–Trinajstić information content (AvgIpc) is 3.12. The van der Waals surface area contributed by atoms with Crippen LogP contribution in [0.15, 0.2) is 42.9 Å². The highest BCUT2D eigenvalue weighted by Crippen LogP contribution is 2.27. The molecule has 0 bridgehead atoms. The zero-order chi connectivity index (χ0) is 17.2. The quantitative estimate of drug-likeness (QED) is 0.798. The number of amides is 1. The summed E-state index contributed by atoms with van der Waals surface area (Å²) in [5, 5.41) is 1.09. The first kappa shape index (κ1) is 15.6. The fraction of sp³-hybridized carbons (Fsp3) is 0.316. The minimum Gasteiger partial charge on any atom is -0.490 e. The molecule has 1 fully saturated rings. The fourth-order valence-electron chi connectivity index (χ4n) is 3.18. The molecular weight excluding hydrogens is 316 g/mol. The number of hydrogen-bond donors (Lipinski definition) is 1. The Morgan fingerprint density at radius 1 is 1.20 bits per heavy atom. The SMILES string of the molecule is Cc1cnc(C(=O)N2CCC(Oc3cccc4[nH]ccc34)CC2)cn1. The molecule has 6 nitrogen and oxygen atoms in total. The van der Waals surface area contributed by atoms with Crippen molar-refractivity contribution in [1.82, 2.24) is 19.9 Å². The van der Waals surface area contributed by atoms with Crippen LogP contribution in [0.3, 0.4) is 0 Å². The molecule has 1 aliphatic rings. The maximum absolute atomic E-state index is 12.5. The summed E-state index contributed by atoms with van der Waals surface area (Å²) < 4.78 is 6.19. The van der Waals surface area contributed by atoms with Crippen molar-refractivity contribution in [1.29, 1.82) is 0 Å². The molecule has 3 aromatic rings. The highest BCUT2D eigenvalue weighted by Gasteiger charge is 2.25. The lowest BCUT2D eigenvalue weighted by Crippen LogP contribution is -2.42. The molecule has 1 amide bonds. The summed E-state index contributed by atoms with van der Waals surface area (Å²) >= 11 is 0. The molecular formula is C19H20N4O2. The first-order chi connectivity index (χ1) is 12.2. The lowest BCUT2D eigenvalue weighted by Gasteiger charge is -2.32. The Morgan fingerprint density at radius 3 is 2.80 bits per heavy atom. The third-order valence-corrected chi connectivity index (χ3v) is 4.58. The summed E-state index contributed by atoms with van der Waals surface area (Å²) in [4.78, 5) is 25.9. The monoisotopic (exact) mass is 336 g/mol. The molecule has 0 aliphatic carbocycles. The van der Waals surface area contributed by atoms with Crippen molar-refractivity contribution in [3.8, 4) is 5.75 Å². The second-order valence-electron chi connectivity index (χ2n) is 6.35. The van der Waals surface area contributed by atoms with Crippen LogP contribution in [0.1, 0.15) is 29.0 Å². The van der Waals surface area contributed by atoms with E-state index in [1.165, 1.54) is 0 Å². The van der Waals surface area contributed by atoms with Crippen LogP contribution in [0, 0.1) is 6.92 Å². The van der Waals surface area contributed by atoms with E-state index in [0.717, 1.165) is 35.2 Å². The van der Waals surface area contributed by atoms with E-state index in [1.807, 2.05) is 42.3 Å². The van der Waals surface area contributed by atoms with E-state index in [4.69, 9.17) is 4.74 Å². The average molecular weight is 336 g/mol. The number of ether oxygens (including phenoxy) is 1. The van der Waals surface area contributed by atoms with Gasteiger partial charge in [-0.1, -0.05) is 6.07 Å². The molecule has 1 saturated heterocycles. The van der Waals surface area contributed by atoms with E-state index in [0.29, 0.717) is 18.8 Å². The molecule has 0 radical (unpaired) electrons. The number of hydrogen-bond acceptors (Lipinski definition) is 4. The number of H-pyrrole nitrogens is 1. The summed E-state index contributed by atoms with van der Waals surface area (Å²) in [5.41, 5.74) is 2.28. The standard InChI is InChI=1S/C19H20N4O2/c1-13-11-22-17(12-21-13)19(24)23-9-6-14(7-10-23)25-18-4-2-3-16-15(18)5-8-20-16/h2-5,8,11-12,14,20H,6-7,9-10H2,1H3. The van der Waals surface area contributed by atoms with Gasteiger partial charge in [0.05, 0.1) is 11.9 Å². The van der Waals surface area contributed by atoms with Gasteiger partial charge in [-0.2, -0.15) is 0 Å². The van der Waals surface area contributed by atoms with Crippen LogP contribution < -0.4 is 4.74 Å². The smallest absolute Gasteiger partial charge is 0.274 e. The van der Waals surface area contributed by atoms with E-state index in [1.54, 1.807) is 12.4 Å². The Kier molecular flexibility index (Phi) is 4.09. The molecule has 25 heavy (non-hydrogen) atoms. The van der Waals surface area contributed by atoms with E-state index in [-0.39, 0.29) is 12.0 Å². The predicted octanol–water partition coefficient (Wildman–Crippen LogP) is 2.95. The highest BCUT2D eigenvalue weighted by molar-refractivity contribution is 5.92. The Morgan fingerprint density at radius 2 is 2.04 bits per heavy atom. The van der Waals surface area contributed by atoms with Crippen molar-refractivity contribution in [2.75, 3.05) is 13.1 Å². The van der Waals surface area contributed by atoms with Crippen molar-refractivity contribution in [3.05, 3.63) is 54.2 Å². The number of aromatic nitrogens is 3. The second-order valence-corrected chi connectivity index (χ2v) is 6.35. The normalized spacial score (nSPS) is 15.5. The van der Waals surface area contributed by atoms with Crippen LogP contribution in [-0.2, 0) is 0 Å². The van der Waals surface area contributed by atoms with Gasteiger partial charge >= 0.3 is 0 Å². The Bertz CT molecular complexity index is 880. The number of benzene rings is 1. The molecule has 3 heterocycles. The molecule has 6 heteroatoms. The molecule has 0 saturated carbocycles. The van der Waals surface area contributed by atoms with E-state index in [2.05, 4.69) is 15.0 Å². The number of fused-ring (bicyclic) bond motifs is 1. The fourth-order valence-corrected chi connectivity index (χ4v) is 3.18. The largest absolute Gasteiger partial charge is 0.490 e. The third kappa shape index (κ3) is 3.20. The van der Waals surface area contributed by atoms with Gasteiger partial charge in [-0.05, 0) is 25.1 Å². The van der Waals surface area contributed by atoms with E-state index < -0.39 is 0 Å². The minimum absolute atomic E-state index is 0.0568. The van der Waals surface area contributed by atoms with Crippen molar-refractivity contribution in [3.63, 3.8) is 0 Å². The first-order valence-corrected chi connectivity index (χ1v) is 8.51. The topological polar surface area (TPSA) is 71.1 Å². The van der Waals surface area contributed by atoms with Gasteiger partial charge in [-0.3, -0.25) is 9.78 Å². The van der Waals surface area contributed by atoms with Crippen LogP contribution >= 0.6 is 0 Å². The molecule has 4 rings (SSSR count). The molecule has 128 valence electrons. The number of piperidine rings is 1. The van der Waals surface area contributed by atoms with Gasteiger partial charge in [-0.25, -0.2) is 4.98 Å². The first-order valence-electron chi connectivity index (χ1n) is 8.51. The molecule has 0 spiro atoms. The molecule has 0 unspecified atom stereocenters. The summed E-state index contributed by atoms with van der Waals surface area (Å²) in [6.45, 7) is 3.19. The van der Waals surface area contributed by atoms with Gasteiger partial charge in [0.25, 0.3) is 5.91 Å². The Labute approximate surface area is 145 Å². The maximum atomic E-state index is 12.5. The van der Waals surface area contributed by atoms with Crippen molar-refractivity contribution in [2.24, 2.45) is 0 Å². The summed E-state index contributed by atoms with van der Waals surface area (Å²) in [5.74, 6) is 0.839. The number of nitrogens with one attached hydrogen (secondary N) is 1. The van der Waals surface area contributed by atoms with Gasteiger partial charge in [0.15, 0.2) is 0 Å². The van der Waals surface area contributed by atoms with Crippen LogP contribution in [0.4, 0.5) is 0 Å². The summed E-state index contributed by atoms with van der Waals surface area (Å²) in [7, 11) is 0. The lowest BCUT2D eigenvalue weighted by atomic mass is 10.1. The number of likely N-dealkylation sites (tertiary alicyclic amines) is 1. The minimum atomic E-state index is -0.0568. The zero-order valence-electron chi connectivity index (χ0n) is 14.1. The van der Waals surface area contributed by atoms with Crippen molar-refractivity contribution in [2.45, 2.75) is 25.9 Å². The van der Waals surface area contributed by atoms with Gasteiger partial charge < -0.3 is 14.6 Å². The Balaban J connectivity index is 1.39. The number of carbonyl (C=O) groups is 1. The lowest BCUT2D eigenvalue weighted by molar-refractivity contribution is 0.0592. The number of aryl methyl sites for hydroxylation is 1. The molecule has 1 aromatic carbocycles. The number of aromatic amines is 1. The van der Waals surface area contributed by atoms with E-state index in [9.17, 15) is 4.79 Å². The van der Waals surface area contributed by atoms with Gasteiger partial charge in [0.1, 0.15) is 17.5 Å². The second kappa shape index (κ2) is 6.55. The zero-order valence-corrected chi connectivity index (χ0v) is 14.1. The van der Waals surface area contributed by atoms with Crippen LogP contribution in [0.25, 0.3) is 10.9 Å². The number of nitrogens with zero attached hydrogens (tertiary/aromatic N) is 3. The van der Waals surface area contributed by atoms with Crippen LogP contribution in [-0.4, -0.2) is 45.0 Å². The van der Waals surface area contributed by atoms with Crippen LogP contribution in [0.2, 0.25) is 0 Å². The van der Waals surface area contributed by atoms with E-state index >= 15 is 0 Å². The van der Waals surface area contributed by atoms with Gasteiger partial charge in [-0.15, -0.1) is 0 Å². The van der Waals surface area contributed by atoms with Gasteiger partial charge in [0.2, 0.25) is 0 Å². The summed E-state index contributed by atoms with van der Waals surface area (Å²) in [6.07, 6.45) is 6.83. The molecule has 0 atom stereocenters. The third-order valence-electron chi connectivity index (χ3n) is 4.58. The van der Waals surface area contributed by atoms with Crippen molar-refractivity contribution < 1.29 is 9.53 Å². The number of rotatable bonds is 3. The molecule has 1 aliphatic heterocycles. The maximum Gasteiger partial charge on any atom is 0.274 e.